The first kappa shape index (κ1) is 20.2. The number of hydrogen-bond acceptors (Lipinski definition) is 5. The van der Waals surface area contributed by atoms with Gasteiger partial charge in [0.15, 0.2) is 0 Å². The number of pyridine rings is 1. The minimum atomic E-state index is -0.450. The van der Waals surface area contributed by atoms with Gasteiger partial charge in [-0.3, -0.25) is 9.59 Å². The number of carbonyl (C=O) groups is 1. The maximum atomic E-state index is 13.7. The van der Waals surface area contributed by atoms with E-state index in [4.69, 9.17) is 0 Å². The first-order valence-electron chi connectivity index (χ1n) is 11.0. The predicted octanol–water partition coefficient (Wildman–Crippen LogP) is 2.58. The molecule has 1 aromatic carbocycles. The van der Waals surface area contributed by atoms with Crippen LogP contribution in [0.5, 0.6) is 0 Å². The Hall–Kier alpha value is -3.68. The molecule has 164 valence electrons. The Balaban J connectivity index is 1.51. The van der Waals surface area contributed by atoms with Gasteiger partial charge in [0.1, 0.15) is 17.4 Å². The fourth-order valence-corrected chi connectivity index (χ4v) is 4.69. The van der Waals surface area contributed by atoms with Crippen molar-refractivity contribution >= 4 is 33.5 Å². The minimum absolute atomic E-state index is 0.0506. The highest BCUT2D eigenvalue weighted by Crippen LogP contribution is 2.31. The van der Waals surface area contributed by atoms with Crippen LogP contribution >= 0.6 is 0 Å². The number of hydrogen-bond donors (Lipinski definition) is 0. The summed E-state index contributed by atoms with van der Waals surface area (Å²) >= 11 is 0. The number of benzene rings is 1. The molecule has 0 bridgehead atoms. The Bertz CT molecular complexity index is 1340. The average Bonchev–Trinajstić information content (AvgIpc) is 3.17. The molecule has 1 fully saturated rings. The van der Waals surface area contributed by atoms with Gasteiger partial charge in [-0.15, -0.1) is 0 Å². The summed E-state index contributed by atoms with van der Waals surface area (Å²) in [5.41, 5.74) is 1.24. The van der Waals surface area contributed by atoms with Crippen LogP contribution in [-0.2, 0) is 11.8 Å². The summed E-state index contributed by atoms with van der Waals surface area (Å²) < 4.78 is 3.27. The minimum Gasteiger partial charge on any atom is -0.353 e. The maximum absolute atomic E-state index is 13.7. The van der Waals surface area contributed by atoms with Crippen LogP contribution in [0.1, 0.15) is 19.4 Å². The van der Waals surface area contributed by atoms with Crippen LogP contribution in [0.2, 0.25) is 0 Å². The Labute approximate surface area is 185 Å². The van der Waals surface area contributed by atoms with E-state index in [1.807, 2.05) is 58.9 Å². The van der Waals surface area contributed by atoms with Crippen LogP contribution in [0.25, 0.3) is 21.8 Å². The highest BCUT2D eigenvalue weighted by atomic mass is 16.2. The standard InChI is InChI=1S/C24H26N6O2/c1-3-19(23(31)29-14-12-28(13-15-29)21-10-6-7-11-25-21)30-20-9-5-4-8-17(20)18-16-26-27(2)24(32)22(18)30/h4-11,16,19H,3,12-15H2,1-2H3/t19-/m1/s1. The van der Waals surface area contributed by atoms with Gasteiger partial charge in [-0.05, 0) is 24.6 Å². The zero-order chi connectivity index (χ0) is 22.2. The first-order chi connectivity index (χ1) is 15.6. The Morgan fingerprint density at radius 1 is 1.03 bits per heavy atom. The lowest BCUT2D eigenvalue weighted by Crippen LogP contribution is -2.50. The Kier molecular flexibility index (Phi) is 5.13. The molecule has 5 rings (SSSR count). The second-order valence-corrected chi connectivity index (χ2v) is 8.15. The van der Waals surface area contributed by atoms with Crippen LogP contribution in [0, 0.1) is 0 Å². The number of para-hydroxylation sites is 1. The third-order valence-electron chi connectivity index (χ3n) is 6.35. The maximum Gasteiger partial charge on any atom is 0.291 e. The molecule has 4 heterocycles. The summed E-state index contributed by atoms with van der Waals surface area (Å²) in [6, 6.07) is 13.3. The highest BCUT2D eigenvalue weighted by molar-refractivity contribution is 6.08. The molecular weight excluding hydrogens is 404 g/mol. The average molecular weight is 431 g/mol. The molecule has 1 aliphatic rings. The number of carbonyl (C=O) groups excluding carboxylic acids is 1. The molecule has 3 aromatic heterocycles. The number of nitrogens with zero attached hydrogens (tertiary/aromatic N) is 6. The highest BCUT2D eigenvalue weighted by Gasteiger charge is 2.31. The topological polar surface area (TPSA) is 76.3 Å². The number of aryl methyl sites for hydroxylation is 1. The van der Waals surface area contributed by atoms with Crippen LogP contribution < -0.4 is 10.5 Å². The van der Waals surface area contributed by atoms with E-state index < -0.39 is 6.04 Å². The van der Waals surface area contributed by atoms with Crippen LogP contribution in [0.4, 0.5) is 5.82 Å². The third kappa shape index (κ3) is 3.23. The fourth-order valence-electron chi connectivity index (χ4n) is 4.69. The van der Waals surface area contributed by atoms with Gasteiger partial charge in [0.25, 0.3) is 5.56 Å². The lowest BCUT2D eigenvalue weighted by Gasteiger charge is -2.37. The van der Waals surface area contributed by atoms with Crippen molar-refractivity contribution in [3.63, 3.8) is 0 Å². The van der Waals surface area contributed by atoms with Gasteiger partial charge in [0, 0.05) is 50.2 Å². The van der Waals surface area contributed by atoms with Crippen molar-refractivity contribution in [1.82, 2.24) is 24.2 Å². The number of rotatable bonds is 4. The van der Waals surface area contributed by atoms with Crippen molar-refractivity contribution in [2.75, 3.05) is 31.1 Å². The zero-order valence-corrected chi connectivity index (χ0v) is 18.3. The van der Waals surface area contributed by atoms with E-state index in [-0.39, 0.29) is 11.5 Å². The van der Waals surface area contributed by atoms with Crippen LogP contribution in [0.3, 0.4) is 0 Å². The van der Waals surface area contributed by atoms with Gasteiger partial charge >= 0.3 is 0 Å². The summed E-state index contributed by atoms with van der Waals surface area (Å²) in [4.78, 5) is 35.3. The number of aromatic nitrogens is 4. The zero-order valence-electron chi connectivity index (χ0n) is 18.3. The summed E-state index contributed by atoms with van der Waals surface area (Å²) in [6.45, 7) is 4.72. The van der Waals surface area contributed by atoms with Crippen molar-refractivity contribution in [2.24, 2.45) is 7.05 Å². The summed E-state index contributed by atoms with van der Waals surface area (Å²) in [5, 5.41) is 5.94. The predicted molar refractivity (Wildman–Crippen MR) is 125 cm³/mol. The molecule has 0 unspecified atom stereocenters. The van der Waals surface area contributed by atoms with E-state index in [0.29, 0.717) is 25.0 Å². The molecule has 0 saturated carbocycles. The smallest absolute Gasteiger partial charge is 0.291 e. The second kappa shape index (κ2) is 8.11. The van der Waals surface area contributed by atoms with Crippen LogP contribution in [-0.4, -0.2) is 56.3 Å². The third-order valence-corrected chi connectivity index (χ3v) is 6.35. The van der Waals surface area contributed by atoms with E-state index in [9.17, 15) is 9.59 Å². The second-order valence-electron chi connectivity index (χ2n) is 8.15. The van der Waals surface area contributed by atoms with Gasteiger partial charge in [0.05, 0.1) is 11.7 Å². The first-order valence-corrected chi connectivity index (χ1v) is 11.0. The molecule has 1 atom stereocenters. The van der Waals surface area contributed by atoms with Gasteiger partial charge in [-0.25, -0.2) is 9.67 Å². The van der Waals surface area contributed by atoms with E-state index in [1.54, 1.807) is 19.4 Å². The molecule has 1 amide bonds. The monoisotopic (exact) mass is 430 g/mol. The van der Waals surface area contributed by atoms with Crippen molar-refractivity contribution in [2.45, 2.75) is 19.4 Å². The van der Waals surface area contributed by atoms with E-state index >= 15 is 0 Å². The number of anilines is 1. The Morgan fingerprint density at radius 3 is 2.50 bits per heavy atom. The van der Waals surface area contributed by atoms with E-state index in [2.05, 4.69) is 15.0 Å². The molecular formula is C24H26N6O2. The molecule has 0 radical (unpaired) electrons. The van der Waals surface area contributed by atoms with Crippen molar-refractivity contribution in [3.05, 3.63) is 65.2 Å². The normalized spacial score (nSPS) is 15.4. The Morgan fingerprint density at radius 2 is 1.78 bits per heavy atom. The lowest BCUT2D eigenvalue weighted by molar-refractivity contribution is -0.135. The largest absolute Gasteiger partial charge is 0.353 e. The molecule has 0 spiro atoms. The molecule has 4 aromatic rings. The van der Waals surface area contributed by atoms with Gasteiger partial charge in [-0.2, -0.15) is 5.10 Å². The number of fused-ring (bicyclic) bond motifs is 3. The van der Waals surface area contributed by atoms with Gasteiger partial charge in [0.2, 0.25) is 5.91 Å². The molecule has 32 heavy (non-hydrogen) atoms. The summed E-state index contributed by atoms with van der Waals surface area (Å²) in [7, 11) is 1.64. The molecule has 1 saturated heterocycles. The van der Waals surface area contributed by atoms with Crippen molar-refractivity contribution in [1.29, 1.82) is 0 Å². The van der Waals surface area contributed by atoms with E-state index in [1.165, 1.54) is 4.68 Å². The van der Waals surface area contributed by atoms with E-state index in [0.717, 1.165) is 35.2 Å². The molecule has 0 N–H and O–H groups in total. The van der Waals surface area contributed by atoms with Crippen molar-refractivity contribution in [3.8, 4) is 0 Å². The quantitative estimate of drug-likeness (QED) is 0.497. The number of amides is 1. The molecule has 8 nitrogen and oxygen atoms in total. The SMILES string of the molecule is CC[C@H](C(=O)N1CCN(c2ccccn2)CC1)n1c2ccccc2c2cnn(C)c(=O)c21. The molecule has 8 heteroatoms. The fraction of sp³-hybridized carbons (Fsp3) is 0.333. The van der Waals surface area contributed by atoms with Gasteiger partial charge < -0.3 is 14.4 Å². The molecule has 1 aliphatic heterocycles. The van der Waals surface area contributed by atoms with Crippen molar-refractivity contribution < 1.29 is 4.79 Å². The van der Waals surface area contributed by atoms with Gasteiger partial charge in [-0.1, -0.05) is 31.2 Å². The summed E-state index contributed by atoms with van der Waals surface area (Å²) in [5.74, 6) is 0.986. The number of piperazine rings is 1. The van der Waals surface area contributed by atoms with Crippen LogP contribution in [0.15, 0.2) is 59.7 Å². The lowest BCUT2D eigenvalue weighted by atomic mass is 10.1. The molecule has 0 aliphatic carbocycles. The summed E-state index contributed by atoms with van der Waals surface area (Å²) in [6.07, 6.45) is 4.11.